The lowest BCUT2D eigenvalue weighted by Gasteiger charge is -2.26. The van der Waals surface area contributed by atoms with Gasteiger partial charge in [0, 0.05) is 23.0 Å². The molecule has 134 valence electrons. The second kappa shape index (κ2) is 6.48. The molecule has 4 rings (SSSR count). The van der Waals surface area contributed by atoms with Crippen molar-refractivity contribution in [2.75, 3.05) is 0 Å². The standard InChI is InChI=1S/C21H20O5/c1-12-18(11-22)25-21(17-10-15-5-3-4-6-16(15)24-17)13(2)20(12)26-19(23)9-14-7-8-14/h3-6,10-11,14,18H,7-9H2,1-2H3. The molecule has 1 fully saturated rings. The summed E-state index contributed by atoms with van der Waals surface area (Å²) in [5, 5.41) is 0.938. The van der Waals surface area contributed by atoms with Crippen LogP contribution in [0.4, 0.5) is 0 Å². The summed E-state index contributed by atoms with van der Waals surface area (Å²) < 4.78 is 17.3. The molecule has 2 aromatic rings. The largest absolute Gasteiger partial charge is 0.474 e. The van der Waals surface area contributed by atoms with Crippen molar-refractivity contribution in [1.29, 1.82) is 0 Å². The van der Waals surface area contributed by atoms with Crippen LogP contribution in [-0.4, -0.2) is 18.4 Å². The number of hydrogen-bond donors (Lipinski definition) is 0. The molecule has 1 aliphatic heterocycles. The second-order valence-corrected chi connectivity index (χ2v) is 6.91. The average molecular weight is 352 g/mol. The van der Waals surface area contributed by atoms with Crippen LogP contribution in [0.2, 0.25) is 0 Å². The number of carbonyl (C=O) groups is 2. The maximum absolute atomic E-state index is 12.2. The van der Waals surface area contributed by atoms with Crippen LogP contribution in [0.3, 0.4) is 0 Å². The molecule has 2 aliphatic rings. The van der Waals surface area contributed by atoms with E-state index in [0.717, 1.165) is 23.8 Å². The Morgan fingerprint density at radius 2 is 2.04 bits per heavy atom. The van der Waals surface area contributed by atoms with E-state index in [-0.39, 0.29) is 5.97 Å². The zero-order chi connectivity index (χ0) is 18.3. The molecule has 0 saturated heterocycles. The van der Waals surface area contributed by atoms with E-state index >= 15 is 0 Å². The van der Waals surface area contributed by atoms with Gasteiger partial charge in [0.15, 0.2) is 23.9 Å². The normalized spacial score (nSPS) is 20.3. The third-order valence-electron chi connectivity index (χ3n) is 4.85. The van der Waals surface area contributed by atoms with Crippen molar-refractivity contribution in [2.24, 2.45) is 5.92 Å². The fraction of sp³-hybridized carbons (Fsp3) is 0.333. The summed E-state index contributed by atoms with van der Waals surface area (Å²) in [6, 6.07) is 9.48. The summed E-state index contributed by atoms with van der Waals surface area (Å²) >= 11 is 0. The van der Waals surface area contributed by atoms with Crippen LogP contribution in [0.5, 0.6) is 0 Å². The monoisotopic (exact) mass is 352 g/mol. The SMILES string of the molecule is CC1=C(c2cc3ccccc3o2)OC(C=O)C(C)=C1OC(=O)CC1CC1. The van der Waals surface area contributed by atoms with Crippen molar-refractivity contribution >= 4 is 29.0 Å². The number of allylic oxidation sites excluding steroid dienone is 1. The number of carbonyl (C=O) groups excluding carboxylic acids is 2. The molecule has 1 saturated carbocycles. The molecule has 5 nitrogen and oxygen atoms in total. The Morgan fingerprint density at radius 3 is 2.73 bits per heavy atom. The van der Waals surface area contributed by atoms with Gasteiger partial charge in [-0.25, -0.2) is 0 Å². The molecular formula is C21H20O5. The Labute approximate surface area is 151 Å². The number of hydrogen-bond acceptors (Lipinski definition) is 5. The summed E-state index contributed by atoms with van der Waals surface area (Å²) in [5.41, 5.74) is 1.98. The summed E-state index contributed by atoms with van der Waals surface area (Å²) in [6.45, 7) is 3.56. The van der Waals surface area contributed by atoms with E-state index in [1.165, 1.54) is 0 Å². The molecule has 0 bridgehead atoms. The fourth-order valence-electron chi connectivity index (χ4n) is 3.17. The quantitative estimate of drug-likeness (QED) is 0.590. The van der Waals surface area contributed by atoms with Gasteiger partial charge >= 0.3 is 5.97 Å². The van der Waals surface area contributed by atoms with E-state index in [4.69, 9.17) is 13.9 Å². The summed E-state index contributed by atoms with van der Waals surface area (Å²) in [6.07, 6.45) is 2.47. The molecule has 2 heterocycles. The van der Waals surface area contributed by atoms with Crippen LogP contribution < -0.4 is 0 Å². The first-order valence-corrected chi connectivity index (χ1v) is 8.80. The highest BCUT2D eigenvalue weighted by atomic mass is 16.5. The minimum absolute atomic E-state index is 0.267. The third kappa shape index (κ3) is 3.05. The van der Waals surface area contributed by atoms with E-state index in [9.17, 15) is 9.59 Å². The zero-order valence-electron chi connectivity index (χ0n) is 14.8. The van der Waals surface area contributed by atoms with Gasteiger partial charge < -0.3 is 13.9 Å². The minimum Gasteiger partial charge on any atom is -0.474 e. The van der Waals surface area contributed by atoms with Crippen LogP contribution in [0, 0.1) is 5.92 Å². The first kappa shape index (κ1) is 16.6. The van der Waals surface area contributed by atoms with Gasteiger partial charge in [-0.05, 0) is 44.7 Å². The minimum atomic E-state index is -0.800. The molecular weight excluding hydrogens is 332 g/mol. The van der Waals surface area contributed by atoms with Crippen LogP contribution in [-0.2, 0) is 19.1 Å². The highest BCUT2D eigenvalue weighted by Crippen LogP contribution is 2.38. The van der Waals surface area contributed by atoms with Gasteiger partial charge in [-0.3, -0.25) is 9.59 Å². The smallest absolute Gasteiger partial charge is 0.311 e. The molecule has 5 heteroatoms. The number of fused-ring (bicyclic) bond motifs is 1. The Kier molecular flexibility index (Phi) is 4.15. The maximum Gasteiger partial charge on any atom is 0.311 e. The summed E-state index contributed by atoms with van der Waals surface area (Å²) in [4.78, 5) is 23.7. The molecule has 1 aromatic carbocycles. The molecule has 0 spiro atoms. The molecule has 1 aromatic heterocycles. The van der Waals surface area contributed by atoms with Gasteiger partial charge in [0.1, 0.15) is 11.3 Å². The molecule has 1 aliphatic carbocycles. The lowest BCUT2D eigenvalue weighted by atomic mass is 10.0. The lowest BCUT2D eigenvalue weighted by molar-refractivity contribution is -0.140. The highest BCUT2D eigenvalue weighted by Gasteiger charge is 2.32. The average Bonchev–Trinajstić information content (AvgIpc) is 3.33. The Morgan fingerprint density at radius 1 is 1.27 bits per heavy atom. The predicted octanol–water partition coefficient (Wildman–Crippen LogP) is 4.38. The van der Waals surface area contributed by atoms with E-state index in [1.807, 2.05) is 37.3 Å². The predicted molar refractivity (Wildman–Crippen MR) is 95.9 cm³/mol. The second-order valence-electron chi connectivity index (χ2n) is 6.91. The van der Waals surface area contributed by atoms with E-state index < -0.39 is 6.10 Å². The summed E-state index contributed by atoms with van der Waals surface area (Å²) in [7, 11) is 0. The number of ether oxygens (including phenoxy) is 2. The topological polar surface area (TPSA) is 65.7 Å². The fourth-order valence-corrected chi connectivity index (χ4v) is 3.17. The highest BCUT2D eigenvalue weighted by molar-refractivity contribution is 5.83. The summed E-state index contributed by atoms with van der Waals surface area (Å²) in [5.74, 6) is 1.52. The van der Waals surface area contributed by atoms with Crippen LogP contribution >= 0.6 is 0 Å². The van der Waals surface area contributed by atoms with Gasteiger partial charge in [0.2, 0.25) is 0 Å². The van der Waals surface area contributed by atoms with Crippen molar-refractivity contribution in [3.05, 3.63) is 53.0 Å². The van der Waals surface area contributed by atoms with Crippen molar-refractivity contribution in [1.82, 2.24) is 0 Å². The molecule has 0 radical (unpaired) electrons. The van der Waals surface area contributed by atoms with Crippen LogP contribution in [0.25, 0.3) is 16.7 Å². The number of rotatable bonds is 5. The van der Waals surface area contributed by atoms with Gasteiger partial charge in [0.05, 0.1) is 0 Å². The van der Waals surface area contributed by atoms with Crippen LogP contribution in [0.15, 0.2) is 51.7 Å². The Bertz CT molecular complexity index is 909. The van der Waals surface area contributed by atoms with Crippen molar-refractivity contribution < 1.29 is 23.5 Å². The molecule has 26 heavy (non-hydrogen) atoms. The number of furan rings is 1. The van der Waals surface area contributed by atoms with E-state index in [2.05, 4.69) is 0 Å². The number of aldehydes is 1. The number of benzene rings is 1. The first-order valence-electron chi connectivity index (χ1n) is 8.80. The lowest BCUT2D eigenvalue weighted by Crippen LogP contribution is -2.24. The van der Waals surface area contributed by atoms with E-state index in [0.29, 0.717) is 47.0 Å². The number of para-hydroxylation sites is 1. The van der Waals surface area contributed by atoms with Crippen molar-refractivity contribution in [3.8, 4) is 0 Å². The van der Waals surface area contributed by atoms with Gasteiger partial charge in [-0.2, -0.15) is 0 Å². The maximum atomic E-state index is 12.2. The Balaban J connectivity index is 1.72. The molecule has 0 amide bonds. The number of esters is 1. The van der Waals surface area contributed by atoms with E-state index in [1.54, 1.807) is 6.92 Å². The van der Waals surface area contributed by atoms with Crippen LogP contribution in [0.1, 0.15) is 38.9 Å². The molecule has 0 N–H and O–H groups in total. The first-order chi connectivity index (χ1) is 12.6. The van der Waals surface area contributed by atoms with Gasteiger partial charge in [-0.1, -0.05) is 18.2 Å². The zero-order valence-corrected chi connectivity index (χ0v) is 14.8. The molecule has 1 atom stereocenters. The van der Waals surface area contributed by atoms with Gasteiger partial charge in [0.25, 0.3) is 0 Å². The third-order valence-corrected chi connectivity index (χ3v) is 4.85. The van der Waals surface area contributed by atoms with Gasteiger partial charge in [-0.15, -0.1) is 0 Å². The van der Waals surface area contributed by atoms with Crippen molar-refractivity contribution in [3.63, 3.8) is 0 Å². The Hall–Kier alpha value is -2.82. The van der Waals surface area contributed by atoms with Crippen molar-refractivity contribution in [2.45, 2.75) is 39.2 Å². The molecule has 1 unspecified atom stereocenters.